The predicted molar refractivity (Wildman–Crippen MR) is 52.9 cm³/mol. The van der Waals surface area contributed by atoms with Gasteiger partial charge in [0.1, 0.15) is 0 Å². The summed E-state index contributed by atoms with van der Waals surface area (Å²) in [6.07, 6.45) is 8.66. The van der Waals surface area contributed by atoms with E-state index in [9.17, 15) is 0 Å². The summed E-state index contributed by atoms with van der Waals surface area (Å²) in [5.41, 5.74) is 0. The Morgan fingerprint density at radius 3 is 3.08 bits per heavy atom. The summed E-state index contributed by atoms with van der Waals surface area (Å²) < 4.78 is 0. The second-order valence-electron chi connectivity index (χ2n) is 2.49. The Hall–Kier alpha value is -1.37. The van der Waals surface area contributed by atoms with Crippen molar-refractivity contribution in [3.05, 3.63) is 41.6 Å². The van der Waals surface area contributed by atoms with E-state index in [0.29, 0.717) is 0 Å². The van der Waals surface area contributed by atoms with Gasteiger partial charge < -0.3 is 0 Å². The SMILES string of the molecule is C=C/C=c1/nccc/c1=C/CC. The maximum absolute atomic E-state index is 4.23. The highest BCUT2D eigenvalue weighted by atomic mass is 14.6. The third kappa shape index (κ3) is 2.06. The van der Waals surface area contributed by atoms with Gasteiger partial charge in [-0.1, -0.05) is 31.7 Å². The number of allylic oxidation sites excluding steroid dienone is 1. The van der Waals surface area contributed by atoms with Crippen LogP contribution in [0.5, 0.6) is 0 Å². The molecule has 0 aliphatic rings. The van der Waals surface area contributed by atoms with Crippen LogP contribution in [0.4, 0.5) is 0 Å². The molecule has 1 aromatic rings. The molecule has 0 aliphatic heterocycles. The lowest BCUT2D eigenvalue weighted by molar-refractivity contribution is 1.20. The Morgan fingerprint density at radius 2 is 2.42 bits per heavy atom. The Balaban J connectivity index is 3.37. The van der Waals surface area contributed by atoms with Crippen LogP contribution < -0.4 is 10.6 Å². The molecule has 0 atom stereocenters. The summed E-state index contributed by atoms with van der Waals surface area (Å²) >= 11 is 0. The van der Waals surface area contributed by atoms with E-state index in [4.69, 9.17) is 0 Å². The number of nitrogens with zero attached hydrogens (tertiary/aromatic N) is 1. The smallest absolute Gasteiger partial charge is 0.0698 e. The molecule has 0 saturated carbocycles. The van der Waals surface area contributed by atoms with E-state index >= 15 is 0 Å². The van der Waals surface area contributed by atoms with E-state index < -0.39 is 0 Å². The Bertz CT molecular complexity index is 363. The predicted octanol–water partition coefficient (Wildman–Crippen LogP) is 1.24. The van der Waals surface area contributed by atoms with Crippen molar-refractivity contribution in [1.82, 2.24) is 4.98 Å². The molecule has 1 aromatic heterocycles. The summed E-state index contributed by atoms with van der Waals surface area (Å²) in [6.45, 7) is 5.76. The van der Waals surface area contributed by atoms with Crippen molar-refractivity contribution in [2.24, 2.45) is 0 Å². The molecule has 0 aliphatic carbocycles. The van der Waals surface area contributed by atoms with Crippen LogP contribution in [0.15, 0.2) is 31.0 Å². The molecular weight excluding hydrogens is 146 g/mol. The van der Waals surface area contributed by atoms with Crippen molar-refractivity contribution in [2.45, 2.75) is 13.3 Å². The summed E-state index contributed by atoms with van der Waals surface area (Å²) in [7, 11) is 0. The molecule has 0 saturated heterocycles. The molecule has 1 heterocycles. The number of pyridine rings is 1. The third-order valence-corrected chi connectivity index (χ3v) is 1.57. The van der Waals surface area contributed by atoms with E-state index in [0.717, 1.165) is 11.8 Å². The monoisotopic (exact) mass is 159 g/mol. The first-order valence-electron chi connectivity index (χ1n) is 4.12. The zero-order valence-corrected chi connectivity index (χ0v) is 7.33. The van der Waals surface area contributed by atoms with Gasteiger partial charge >= 0.3 is 0 Å². The maximum atomic E-state index is 4.23. The van der Waals surface area contributed by atoms with Gasteiger partial charge in [0.25, 0.3) is 0 Å². The second-order valence-corrected chi connectivity index (χ2v) is 2.49. The van der Waals surface area contributed by atoms with Gasteiger partial charge in [-0.15, -0.1) is 0 Å². The first kappa shape index (κ1) is 8.72. The standard InChI is InChI=1S/C11H13N/c1-3-6-10-8-5-9-12-11(10)7-4-2/h4-9H,2-3H2,1H3/b10-6-,11-7+. The van der Waals surface area contributed by atoms with Gasteiger partial charge in [0.05, 0.1) is 5.35 Å². The van der Waals surface area contributed by atoms with Gasteiger partial charge in [-0.2, -0.15) is 0 Å². The van der Waals surface area contributed by atoms with Crippen molar-refractivity contribution < 1.29 is 0 Å². The molecule has 1 heteroatoms. The Kier molecular flexibility index (Phi) is 3.27. The van der Waals surface area contributed by atoms with Crippen LogP contribution in [0.1, 0.15) is 13.3 Å². The normalized spacial score (nSPS) is 13.4. The van der Waals surface area contributed by atoms with E-state index in [1.54, 1.807) is 12.3 Å². The van der Waals surface area contributed by atoms with E-state index in [2.05, 4.69) is 30.6 Å². The minimum absolute atomic E-state index is 0.995. The van der Waals surface area contributed by atoms with E-state index in [1.807, 2.05) is 12.1 Å². The summed E-state index contributed by atoms with van der Waals surface area (Å²) in [6, 6.07) is 4.01. The number of aromatic nitrogens is 1. The van der Waals surface area contributed by atoms with Gasteiger partial charge in [-0.05, 0) is 23.8 Å². The van der Waals surface area contributed by atoms with Gasteiger partial charge in [0, 0.05) is 6.20 Å². The molecule has 0 amide bonds. The maximum Gasteiger partial charge on any atom is 0.0698 e. The van der Waals surface area contributed by atoms with Crippen LogP contribution in [0, 0.1) is 0 Å². The topological polar surface area (TPSA) is 12.9 Å². The van der Waals surface area contributed by atoms with Crippen LogP contribution in [-0.2, 0) is 0 Å². The largest absolute Gasteiger partial charge is 0.256 e. The first-order chi connectivity index (χ1) is 5.88. The fraction of sp³-hybridized carbons (Fsp3) is 0.182. The van der Waals surface area contributed by atoms with Crippen LogP contribution in [0.2, 0.25) is 0 Å². The summed E-state index contributed by atoms with van der Waals surface area (Å²) in [5.74, 6) is 0. The fourth-order valence-electron chi connectivity index (χ4n) is 1.07. The molecule has 0 unspecified atom stereocenters. The lowest BCUT2D eigenvalue weighted by atomic mass is 10.3. The fourth-order valence-corrected chi connectivity index (χ4v) is 1.07. The van der Waals surface area contributed by atoms with Crippen LogP contribution in [0.3, 0.4) is 0 Å². The Labute approximate surface area is 72.8 Å². The van der Waals surface area contributed by atoms with Crippen LogP contribution >= 0.6 is 0 Å². The number of rotatable bonds is 2. The average molecular weight is 159 g/mol. The molecule has 1 rings (SSSR count). The first-order valence-corrected chi connectivity index (χ1v) is 4.12. The van der Waals surface area contributed by atoms with Crippen molar-refractivity contribution in [3.63, 3.8) is 0 Å². The molecule has 0 radical (unpaired) electrons. The molecule has 62 valence electrons. The lowest BCUT2D eigenvalue weighted by Gasteiger charge is -1.87. The van der Waals surface area contributed by atoms with Gasteiger partial charge in [0.2, 0.25) is 0 Å². The van der Waals surface area contributed by atoms with Gasteiger partial charge in [-0.3, -0.25) is 4.98 Å². The molecule has 0 aromatic carbocycles. The highest BCUT2D eigenvalue weighted by Crippen LogP contribution is 1.74. The zero-order valence-electron chi connectivity index (χ0n) is 7.33. The van der Waals surface area contributed by atoms with Crippen molar-refractivity contribution >= 4 is 12.2 Å². The van der Waals surface area contributed by atoms with E-state index in [1.165, 1.54) is 5.22 Å². The molecule has 0 N–H and O–H groups in total. The molecule has 0 spiro atoms. The minimum Gasteiger partial charge on any atom is -0.256 e. The molecule has 1 nitrogen and oxygen atoms in total. The molecule has 12 heavy (non-hydrogen) atoms. The zero-order chi connectivity index (χ0) is 8.81. The summed E-state index contributed by atoms with van der Waals surface area (Å²) in [4.78, 5) is 4.23. The quantitative estimate of drug-likeness (QED) is 0.632. The van der Waals surface area contributed by atoms with Crippen LogP contribution in [-0.4, -0.2) is 4.98 Å². The van der Waals surface area contributed by atoms with Crippen molar-refractivity contribution in [3.8, 4) is 0 Å². The minimum atomic E-state index is 0.995. The van der Waals surface area contributed by atoms with Gasteiger partial charge in [0.15, 0.2) is 0 Å². The number of hydrogen-bond donors (Lipinski definition) is 0. The van der Waals surface area contributed by atoms with Crippen molar-refractivity contribution in [1.29, 1.82) is 0 Å². The third-order valence-electron chi connectivity index (χ3n) is 1.57. The highest BCUT2D eigenvalue weighted by molar-refractivity contribution is 5.35. The van der Waals surface area contributed by atoms with E-state index in [-0.39, 0.29) is 0 Å². The van der Waals surface area contributed by atoms with Crippen LogP contribution in [0.25, 0.3) is 12.2 Å². The average Bonchev–Trinajstić information content (AvgIpc) is 2.09. The summed E-state index contributed by atoms with van der Waals surface area (Å²) in [5, 5.41) is 2.18. The lowest BCUT2D eigenvalue weighted by Crippen LogP contribution is -2.26. The molecule has 0 bridgehead atoms. The van der Waals surface area contributed by atoms with Gasteiger partial charge in [-0.25, -0.2) is 0 Å². The van der Waals surface area contributed by atoms with Crippen molar-refractivity contribution in [2.75, 3.05) is 0 Å². The number of hydrogen-bond acceptors (Lipinski definition) is 1. The molecule has 0 fully saturated rings. The second kappa shape index (κ2) is 4.50. The Morgan fingerprint density at radius 1 is 1.58 bits per heavy atom. The highest BCUT2D eigenvalue weighted by Gasteiger charge is 1.81. The molecular formula is C11H13N.